The molecule has 0 saturated carbocycles. The molecule has 0 aliphatic carbocycles. The third-order valence-corrected chi connectivity index (χ3v) is 3.76. The average Bonchev–Trinajstić information content (AvgIpc) is 3.01. The van der Waals surface area contributed by atoms with Crippen LogP contribution in [0.3, 0.4) is 0 Å². The summed E-state index contributed by atoms with van der Waals surface area (Å²) in [6.07, 6.45) is 1.84. The molecule has 0 atom stereocenters. The fourth-order valence-corrected chi connectivity index (χ4v) is 2.77. The Kier molecular flexibility index (Phi) is 2.52. The van der Waals surface area contributed by atoms with Crippen molar-refractivity contribution in [1.82, 2.24) is 19.6 Å². The van der Waals surface area contributed by atoms with Crippen molar-refractivity contribution in [1.29, 1.82) is 0 Å². The normalized spacial score (nSPS) is 11.2. The zero-order valence-corrected chi connectivity index (χ0v) is 10.9. The molecule has 0 radical (unpaired) electrons. The molecule has 0 unspecified atom stereocenters. The van der Waals surface area contributed by atoms with Crippen LogP contribution < -0.4 is 5.56 Å². The Hall–Kier alpha value is -1.95. The lowest BCUT2D eigenvalue weighted by molar-refractivity contribution is 0.640. The van der Waals surface area contributed by atoms with Gasteiger partial charge in [-0.05, 0) is 25.3 Å². The predicted octanol–water partition coefficient (Wildman–Crippen LogP) is 1.97. The van der Waals surface area contributed by atoms with E-state index in [1.54, 1.807) is 10.7 Å². The van der Waals surface area contributed by atoms with E-state index in [-0.39, 0.29) is 5.56 Å². The lowest BCUT2D eigenvalue weighted by Gasteiger charge is -2.03. The van der Waals surface area contributed by atoms with E-state index in [1.807, 2.05) is 31.5 Å². The van der Waals surface area contributed by atoms with Gasteiger partial charge in [-0.2, -0.15) is 14.9 Å². The van der Waals surface area contributed by atoms with Gasteiger partial charge in [-0.3, -0.25) is 9.48 Å². The molecule has 18 heavy (non-hydrogen) atoms. The highest BCUT2D eigenvalue weighted by molar-refractivity contribution is 7.17. The first kappa shape index (κ1) is 11.2. The van der Waals surface area contributed by atoms with Gasteiger partial charge in [0.2, 0.25) is 0 Å². The summed E-state index contributed by atoms with van der Waals surface area (Å²) in [4.78, 5) is 12.3. The highest BCUT2D eigenvalue weighted by Gasteiger charge is 2.11. The Labute approximate surface area is 107 Å². The largest absolute Gasteiger partial charge is 0.290 e. The minimum absolute atomic E-state index is 0.105. The summed E-state index contributed by atoms with van der Waals surface area (Å²) in [5, 5.41) is 11.5. The molecule has 3 aromatic rings. The summed E-state index contributed by atoms with van der Waals surface area (Å²) >= 11 is 1.44. The SMILES string of the molecule is CCn1ccc(-n2nc(C)c3ccsc3c2=O)n1. The van der Waals surface area contributed by atoms with Gasteiger partial charge in [0.05, 0.1) is 5.69 Å². The van der Waals surface area contributed by atoms with E-state index >= 15 is 0 Å². The zero-order chi connectivity index (χ0) is 12.7. The molecular weight excluding hydrogens is 248 g/mol. The van der Waals surface area contributed by atoms with E-state index in [2.05, 4.69) is 10.2 Å². The monoisotopic (exact) mass is 260 g/mol. The number of aromatic nitrogens is 4. The van der Waals surface area contributed by atoms with Gasteiger partial charge < -0.3 is 0 Å². The molecule has 5 nitrogen and oxygen atoms in total. The van der Waals surface area contributed by atoms with Crippen molar-refractivity contribution in [3.05, 3.63) is 39.8 Å². The van der Waals surface area contributed by atoms with Crippen molar-refractivity contribution in [2.45, 2.75) is 20.4 Å². The van der Waals surface area contributed by atoms with E-state index in [9.17, 15) is 4.79 Å². The number of nitrogens with zero attached hydrogens (tertiary/aromatic N) is 4. The van der Waals surface area contributed by atoms with Crippen LogP contribution in [0.25, 0.3) is 15.9 Å². The lowest BCUT2D eigenvalue weighted by Crippen LogP contribution is -2.22. The van der Waals surface area contributed by atoms with Gasteiger partial charge in [0.1, 0.15) is 4.70 Å². The number of fused-ring (bicyclic) bond motifs is 1. The molecular formula is C12H12N4OS. The van der Waals surface area contributed by atoms with Crippen LogP contribution in [0.15, 0.2) is 28.5 Å². The Morgan fingerprint density at radius 2 is 2.17 bits per heavy atom. The molecule has 0 aliphatic heterocycles. The first-order valence-corrected chi connectivity index (χ1v) is 6.59. The summed E-state index contributed by atoms with van der Waals surface area (Å²) in [5.74, 6) is 0.570. The quantitative estimate of drug-likeness (QED) is 0.708. The molecule has 6 heteroatoms. The standard InChI is InChI=1S/C12H12N4OS/c1-3-15-6-4-10(14-15)16-12(17)11-9(5-7-18-11)8(2)13-16/h4-7H,3H2,1-2H3. The molecule has 0 amide bonds. The maximum Gasteiger partial charge on any atom is 0.290 e. The van der Waals surface area contributed by atoms with E-state index in [4.69, 9.17) is 0 Å². The van der Waals surface area contributed by atoms with Gasteiger partial charge >= 0.3 is 0 Å². The average molecular weight is 260 g/mol. The van der Waals surface area contributed by atoms with Gasteiger partial charge in [0.25, 0.3) is 5.56 Å². The topological polar surface area (TPSA) is 52.7 Å². The first-order valence-electron chi connectivity index (χ1n) is 5.71. The first-order chi connectivity index (χ1) is 8.70. The Morgan fingerprint density at radius 3 is 2.89 bits per heavy atom. The van der Waals surface area contributed by atoms with E-state index in [0.29, 0.717) is 5.82 Å². The van der Waals surface area contributed by atoms with Crippen LogP contribution >= 0.6 is 11.3 Å². The minimum atomic E-state index is -0.105. The number of aryl methyl sites for hydroxylation is 2. The molecule has 0 bridgehead atoms. The second-order valence-corrected chi connectivity index (χ2v) is 4.91. The van der Waals surface area contributed by atoms with Crippen molar-refractivity contribution >= 4 is 21.4 Å². The van der Waals surface area contributed by atoms with Crippen LogP contribution in [0.5, 0.6) is 0 Å². The number of thiophene rings is 1. The van der Waals surface area contributed by atoms with Crippen LogP contribution in [-0.4, -0.2) is 19.6 Å². The van der Waals surface area contributed by atoms with Gasteiger partial charge in [-0.25, -0.2) is 0 Å². The van der Waals surface area contributed by atoms with Gasteiger partial charge in [-0.1, -0.05) is 0 Å². The molecule has 92 valence electrons. The summed E-state index contributed by atoms with van der Waals surface area (Å²) in [5.41, 5.74) is 0.740. The Balaban J connectivity index is 2.29. The van der Waals surface area contributed by atoms with Crippen molar-refractivity contribution in [2.75, 3.05) is 0 Å². The molecule has 0 aliphatic rings. The number of hydrogen-bond acceptors (Lipinski definition) is 4. The van der Waals surface area contributed by atoms with E-state index < -0.39 is 0 Å². The molecule has 0 spiro atoms. The van der Waals surface area contributed by atoms with Crippen molar-refractivity contribution in [3.63, 3.8) is 0 Å². The lowest BCUT2D eigenvalue weighted by atomic mass is 10.3. The molecule has 0 aromatic carbocycles. The number of rotatable bonds is 2. The summed E-state index contributed by atoms with van der Waals surface area (Å²) in [7, 11) is 0. The minimum Gasteiger partial charge on any atom is -0.271 e. The van der Waals surface area contributed by atoms with Crippen LogP contribution in [0.2, 0.25) is 0 Å². The van der Waals surface area contributed by atoms with Gasteiger partial charge in [0.15, 0.2) is 5.82 Å². The molecule has 3 rings (SSSR count). The molecule has 3 aromatic heterocycles. The zero-order valence-electron chi connectivity index (χ0n) is 10.1. The summed E-state index contributed by atoms with van der Waals surface area (Å²) in [6, 6.07) is 3.73. The van der Waals surface area contributed by atoms with Gasteiger partial charge in [-0.15, -0.1) is 11.3 Å². The maximum atomic E-state index is 12.3. The van der Waals surface area contributed by atoms with Crippen molar-refractivity contribution < 1.29 is 0 Å². The van der Waals surface area contributed by atoms with Gasteiger partial charge in [0, 0.05) is 24.2 Å². The smallest absolute Gasteiger partial charge is 0.271 e. The Morgan fingerprint density at radius 1 is 1.33 bits per heavy atom. The van der Waals surface area contributed by atoms with Crippen LogP contribution in [0.4, 0.5) is 0 Å². The third kappa shape index (κ3) is 1.57. The predicted molar refractivity (Wildman–Crippen MR) is 71.4 cm³/mol. The van der Waals surface area contributed by atoms with E-state index in [1.165, 1.54) is 16.0 Å². The van der Waals surface area contributed by atoms with Crippen LogP contribution in [0, 0.1) is 6.92 Å². The highest BCUT2D eigenvalue weighted by Crippen LogP contribution is 2.19. The van der Waals surface area contributed by atoms with E-state index in [0.717, 1.165) is 22.3 Å². The second kappa shape index (κ2) is 4.06. The Bertz CT molecular complexity index is 768. The highest BCUT2D eigenvalue weighted by atomic mass is 32.1. The number of hydrogen-bond donors (Lipinski definition) is 0. The molecule has 3 heterocycles. The summed E-state index contributed by atoms with van der Waals surface area (Å²) in [6.45, 7) is 4.68. The van der Waals surface area contributed by atoms with Crippen molar-refractivity contribution in [2.24, 2.45) is 0 Å². The maximum absolute atomic E-state index is 12.3. The molecule has 0 fully saturated rings. The van der Waals surface area contributed by atoms with Crippen molar-refractivity contribution in [3.8, 4) is 5.82 Å². The molecule has 0 saturated heterocycles. The summed E-state index contributed by atoms with van der Waals surface area (Å²) < 4.78 is 3.88. The fourth-order valence-electron chi connectivity index (χ4n) is 1.90. The second-order valence-electron chi connectivity index (χ2n) is 4.00. The van der Waals surface area contributed by atoms with Crippen LogP contribution in [0.1, 0.15) is 12.6 Å². The fraction of sp³-hybridized carbons (Fsp3) is 0.250. The molecule has 0 N–H and O–H groups in total. The van der Waals surface area contributed by atoms with Crippen LogP contribution in [-0.2, 0) is 6.54 Å². The third-order valence-electron chi connectivity index (χ3n) is 2.86.